The molecular weight excluding hydrogens is 350 g/mol. The Morgan fingerprint density at radius 1 is 1.41 bits per heavy atom. The monoisotopic (exact) mass is 379 g/mol. The summed E-state index contributed by atoms with van der Waals surface area (Å²) in [6, 6.07) is 0. The van der Waals surface area contributed by atoms with E-state index in [2.05, 4.69) is 26.9 Å². The van der Waals surface area contributed by atoms with Crippen LogP contribution in [-0.2, 0) is 11.2 Å². The highest BCUT2D eigenvalue weighted by Gasteiger charge is 2.41. The molecule has 27 heavy (non-hydrogen) atoms. The minimum absolute atomic E-state index is 0.0609. The Hall–Kier alpha value is -2.10. The number of hydrogen-bond acceptors (Lipinski definition) is 7. The van der Waals surface area contributed by atoms with E-state index in [0.717, 1.165) is 57.3 Å². The molecule has 0 unspecified atom stereocenters. The maximum Gasteiger partial charge on any atom is 0.290 e. The van der Waals surface area contributed by atoms with E-state index in [-0.39, 0.29) is 18.5 Å². The zero-order chi connectivity index (χ0) is 19.7. The number of aryl methyl sites for hydroxylation is 1. The van der Waals surface area contributed by atoms with Gasteiger partial charge >= 0.3 is 0 Å². The number of aliphatic hydroxyl groups is 2. The van der Waals surface area contributed by atoms with Gasteiger partial charge < -0.3 is 20.2 Å². The van der Waals surface area contributed by atoms with Crippen molar-refractivity contribution >= 4 is 12.2 Å². The third kappa shape index (κ3) is 5.44. The van der Waals surface area contributed by atoms with Crippen molar-refractivity contribution in [1.29, 1.82) is 0 Å². The van der Waals surface area contributed by atoms with Gasteiger partial charge in [0.1, 0.15) is 6.33 Å². The Morgan fingerprint density at radius 3 is 2.89 bits per heavy atom. The van der Waals surface area contributed by atoms with Gasteiger partial charge in [0, 0.05) is 30.9 Å². The maximum absolute atomic E-state index is 10.3. The van der Waals surface area contributed by atoms with Gasteiger partial charge in [0.15, 0.2) is 0 Å². The van der Waals surface area contributed by atoms with Crippen molar-refractivity contribution in [2.45, 2.75) is 45.1 Å². The largest absolute Gasteiger partial charge is 0.483 e. The number of hydrogen-bond donors (Lipinski definition) is 3. The van der Waals surface area contributed by atoms with Gasteiger partial charge in [0.2, 0.25) is 0 Å². The molecule has 0 bridgehead atoms. The molecule has 0 aromatic carbocycles. The Labute approximate surface area is 158 Å². The predicted octanol–water partition coefficient (Wildman–Crippen LogP) is 0.603. The van der Waals surface area contributed by atoms with E-state index in [9.17, 15) is 10.2 Å². The van der Waals surface area contributed by atoms with Crippen LogP contribution >= 0.6 is 0 Å². The topological polar surface area (TPSA) is 124 Å². The predicted molar refractivity (Wildman–Crippen MR) is 99.3 cm³/mol. The first-order valence-electron chi connectivity index (χ1n) is 9.32. The summed E-state index contributed by atoms with van der Waals surface area (Å²) in [7, 11) is 0. The normalized spacial score (nSPS) is 23.0. The molecule has 1 saturated heterocycles. The number of aromatic nitrogens is 4. The summed E-state index contributed by atoms with van der Waals surface area (Å²) < 4.78 is 1.70. The first-order chi connectivity index (χ1) is 13.1. The molecule has 0 radical (unpaired) electrons. The van der Waals surface area contributed by atoms with Crippen molar-refractivity contribution < 1.29 is 20.1 Å². The fourth-order valence-electron chi connectivity index (χ4n) is 3.80. The first kappa shape index (κ1) is 21.2. The molecule has 9 nitrogen and oxygen atoms in total. The minimum Gasteiger partial charge on any atom is -0.483 e. The molecule has 1 aliphatic heterocycles. The Morgan fingerprint density at radius 2 is 2.19 bits per heavy atom. The van der Waals surface area contributed by atoms with Crippen LogP contribution < -0.4 is 0 Å². The molecule has 2 aromatic rings. The van der Waals surface area contributed by atoms with Gasteiger partial charge in [0.05, 0.1) is 12.7 Å². The smallest absolute Gasteiger partial charge is 0.290 e. The van der Waals surface area contributed by atoms with Crippen LogP contribution in [0.25, 0.3) is 5.78 Å². The summed E-state index contributed by atoms with van der Waals surface area (Å²) in [5.74, 6) is 0.621. The number of piperidine rings is 1. The molecule has 0 saturated carbocycles. The van der Waals surface area contributed by atoms with E-state index < -0.39 is 6.10 Å². The third-order valence-corrected chi connectivity index (χ3v) is 5.15. The third-order valence-electron chi connectivity index (χ3n) is 5.15. The summed E-state index contributed by atoms with van der Waals surface area (Å²) >= 11 is 0. The lowest BCUT2D eigenvalue weighted by molar-refractivity contribution is -0.122. The highest BCUT2D eigenvalue weighted by molar-refractivity contribution is 5.32. The lowest BCUT2D eigenvalue weighted by Gasteiger charge is -2.45. The van der Waals surface area contributed by atoms with Crippen LogP contribution in [0.15, 0.2) is 18.7 Å². The van der Waals surface area contributed by atoms with Crippen molar-refractivity contribution in [2.75, 3.05) is 26.2 Å². The molecule has 0 aliphatic carbocycles. The van der Waals surface area contributed by atoms with E-state index in [1.54, 1.807) is 4.52 Å². The quantitative estimate of drug-likeness (QED) is 0.598. The van der Waals surface area contributed by atoms with Crippen LogP contribution in [0, 0.1) is 5.41 Å². The maximum atomic E-state index is 10.3. The second-order valence-corrected chi connectivity index (χ2v) is 7.03. The molecule has 9 heteroatoms. The molecule has 3 rings (SSSR count). The van der Waals surface area contributed by atoms with Crippen molar-refractivity contribution in [3.05, 3.63) is 24.3 Å². The Balaban J connectivity index is 0.000000817. The average Bonchev–Trinajstić information content (AvgIpc) is 3.13. The van der Waals surface area contributed by atoms with Crippen molar-refractivity contribution in [3.8, 4) is 0 Å². The van der Waals surface area contributed by atoms with Crippen molar-refractivity contribution in [2.24, 2.45) is 5.41 Å². The summed E-state index contributed by atoms with van der Waals surface area (Å²) in [4.78, 5) is 19.1. The fraction of sp³-hybridized carbons (Fsp3) is 0.667. The van der Waals surface area contributed by atoms with E-state index in [0.29, 0.717) is 5.78 Å². The second-order valence-electron chi connectivity index (χ2n) is 7.03. The van der Waals surface area contributed by atoms with E-state index in [1.807, 2.05) is 12.4 Å². The number of rotatable bonds is 7. The summed E-state index contributed by atoms with van der Waals surface area (Å²) in [5, 5.41) is 31.2. The lowest BCUT2D eigenvalue weighted by Crippen LogP contribution is -2.53. The van der Waals surface area contributed by atoms with Gasteiger partial charge in [0.25, 0.3) is 12.2 Å². The highest BCUT2D eigenvalue weighted by Crippen LogP contribution is 2.34. The molecule has 0 amide bonds. The molecule has 3 N–H and O–H groups in total. The van der Waals surface area contributed by atoms with Crippen molar-refractivity contribution in [1.82, 2.24) is 24.5 Å². The van der Waals surface area contributed by atoms with Crippen molar-refractivity contribution in [3.63, 3.8) is 0 Å². The van der Waals surface area contributed by atoms with Gasteiger partial charge in [-0.25, -0.2) is 9.50 Å². The van der Waals surface area contributed by atoms with E-state index in [1.165, 1.54) is 6.33 Å². The molecule has 150 valence electrons. The highest BCUT2D eigenvalue weighted by atomic mass is 16.3. The van der Waals surface area contributed by atoms with Crippen LogP contribution in [-0.4, -0.2) is 78.6 Å². The number of carbonyl (C=O) groups is 1. The molecule has 2 aromatic heterocycles. The molecule has 2 atom stereocenters. The van der Waals surface area contributed by atoms with Gasteiger partial charge in [-0.05, 0) is 37.8 Å². The van der Waals surface area contributed by atoms with Crippen LogP contribution in [0.3, 0.4) is 0 Å². The van der Waals surface area contributed by atoms with Gasteiger partial charge in [-0.1, -0.05) is 13.3 Å². The Bertz CT molecular complexity index is 710. The van der Waals surface area contributed by atoms with Crippen LogP contribution in [0.1, 0.15) is 38.2 Å². The lowest BCUT2D eigenvalue weighted by atomic mass is 9.74. The Kier molecular flexibility index (Phi) is 8.08. The van der Waals surface area contributed by atoms with Gasteiger partial charge in [-0.2, -0.15) is 10.1 Å². The summed E-state index contributed by atoms with van der Waals surface area (Å²) in [5.41, 5.74) is 0.792. The average molecular weight is 379 g/mol. The number of aliphatic hydroxyl groups excluding tert-OH is 2. The summed E-state index contributed by atoms with van der Waals surface area (Å²) in [6.07, 6.45) is 9.50. The van der Waals surface area contributed by atoms with Crippen LogP contribution in [0.4, 0.5) is 0 Å². The molecule has 0 spiro atoms. The van der Waals surface area contributed by atoms with Crippen LogP contribution in [0.2, 0.25) is 0 Å². The molecule has 1 fully saturated rings. The molecular formula is C18H29N5O4. The minimum atomic E-state index is -0.391. The van der Waals surface area contributed by atoms with E-state index in [4.69, 9.17) is 9.90 Å². The zero-order valence-electron chi connectivity index (χ0n) is 15.7. The summed E-state index contributed by atoms with van der Waals surface area (Å²) in [6.45, 7) is 4.56. The van der Waals surface area contributed by atoms with Gasteiger partial charge in [-0.3, -0.25) is 4.79 Å². The number of carboxylic acid groups (broad SMARTS) is 1. The second kappa shape index (κ2) is 10.3. The fourth-order valence-corrected chi connectivity index (χ4v) is 3.80. The van der Waals surface area contributed by atoms with Crippen LogP contribution in [0.5, 0.6) is 0 Å². The number of fused-ring (bicyclic) bond motifs is 1. The SMILES string of the molecule is CCC[C@@]1(CO)CN(CCCc2cnc3ncnn3c2)CC[C@@H]1O.O=CO. The molecule has 1 aliphatic rings. The van der Waals surface area contributed by atoms with E-state index >= 15 is 0 Å². The number of likely N-dealkylation sites (tertiary alicyclic amines) is 1. The first-order valence-corrected chi connectivity index (χ1v) is 9.32. The standard InChI is InChI=1S/C17H27N5O2.CH2O2/c1-2-6-17(12-23)11-21(8-5-15(17)24)7-3-4-14-9-18-16-19-13-20-22(16)10-14;2-1-3/h9-10,13,15,23-24H,2-8,11-12H2,1H3;1H,(H,2,3)/t15-,17-;/m0./s1. The molecule has 3 heterocycles. The van der Waals surface area contributed by atoms with Gasteiger partial charge in [-0.15, -0.1) is 0 Å². The number of nitrogens with zero attached hydrogens (tertiary/aromatic N) is 5. The zero-order valence-corrected chi connectivity index (χ0v) is 15.7.